The second-order valence-corrected chi connectivity index (χ2v) is 31.3. The first-order valence-electron chi connectivity index (χ1n) is 40.8. The Balaban J connectivity index is 0.000000137. The highest BCUT2D eigenvalue weighted by Crippen LogP contribution is 2.66. The molecule has 0 saturated carbocycles. The van der Waals surface area contributed by atoms with Gasteiger partial charge in [-0.2, -0.15) is 0 Å². The minimum absolute atomic E-state index is 0.558. The zero-order chi connectivity index (χ0) is 79.0. The lowest BCUT2D eigenvalue weighted by Crippen LogP contribution is -2.32. The van der Waals surface area contributed by atoms with Crippen LogP contribution in [0.15, 0.2) is 413 Å². The van der Waals surface area contributed by atoms with E-state index < -0.39 is 10.8 Å². The highest BCUT2D eigenvalue weighted by molar-refractivity contribution is 6.17. The van der Waals surface area contributed by atoms with Gasteiger partial charge in [-0.05, 0) is 104 Å². The smallest absolute Gasteiger partial charge is 0.160 e. The van der Waals surface area contributed by atoms with Crippen LogP contribution >= 0.6 is 0 Å². The van der Waals surface area contributed by atoms with Crippen molar-refractivity contribution in [3.63, 3.8) is 0 Å². The lowest BCUT2D eigenvalue weighted by molar-refractivity contribution is 0.442. The first-order valence-corrected chi connectivity index (χ1v) is 40.8. The van der Waals surface area contributed by atoms with E-state index in [1.54, 1.807) is 0 Å². The molecule has 0 amide bonds. The van der Waals surface area contributed by atoms with E-state index in [4.69, 9.17) is 39.4 Å². The molecule has 4 aromatic heterocycles. The summed E-state index contributed by atoms with van der Waals surface area (Å²) in [4.78, 5) is 31.6. The Morgan fingerprint density at radius 1 is 0.183 bits per heavy atom. The van der Waals surface area contributed by atoms with Gasteiger partial charge in [0.05, 0.1) is 67.1 Å². The molecule has 21 aromatic rings. The Labute approximate surface area is 692 Å². The second kappa shape index (κ2) is 27.4. The van der Waals surface area contributed by atoms with Crippen LogP contribution in [0.3, 0.4) is 0 Å². The maximum Gasteiger partial charge on any atom is 0.160 e. The molecule has 0 saturated heterocycles. The van der Waals surface area contributed by atoms with Gasteiger partial charge in [0.15, 0.2) is 5.82 Å². The van der Waals surface area contributed by atoms with Gasteiger partial charge in [0, 0.05) is 93.5 Å². The molecule has 0 bridgehead atoms. The Bertz CT molecular complexity index is 7640. The molecule has 0 unspecified atom stereocenters. The Morgan fingerprint density at radius 2 is 0.542 bits per heavy atom. The van der Waals surface area contributed by atoms with Gasteiger partial charge >= 0.3 is 0 Å². The summed E-state index contributed by atoms with van der Waals surface area (Å²) in [7, 11) is 0. The molecular weight excluding hydrogens is 1460 g/mol. The first kappa shape index (κ1) is 68.5. The monoisotopic (exact) mass is 1530 g/mol. The standard InChI is InChI=1S/C58H35N3O.C54H33N3O/c1-3-16-36(17-4-1)55-56(37-18-5-2-6-19-37)61-51-35-39(30-33-50(51)60-55)38-20-15-21-40(34-38)54-44-31-32-48-57(53(44)43-24-9-13-28-49(43)59-54)62-52-29-14-12-27-47(52)58(48)45-25-10-7-22-41(45)42-23-8-11-26-46(42)58;1-4-16-34(17-5-1)46-33-47(57-53(56-46)36-20-8-3-9-21-36)37-28-29-40-48(32-37)55-51(35-18-6-2-7-19-35)41-30-31-45-52(50(40)41)58-49-27-15-14-26-44(49)54(45)42-24-12-10-22-38(42)39-23-11-13-25-43(39)54/h1-35H;1-33H. The van der Waals surface area contributed by atoms with Gasteiger partial charge in [-0.15, -0.1) is 0 Å². The Hall–Kier alpha value is -15.9. The zero-order valence-corrected chi connectivity index (χ0v) is 64.8. The van der Waals surface area contributed by atoms with Gasteiger partial charge in [-0.1, -0.05) is 364 Å². The molecule has 8 heteroatoms. The largest absolute Gasteiger partial charge is 0.456 e. The molecule has 2 aliphatic carbocycles. The summed E-state index contributed by atoms with van der Waals surface area (Å²) >= 11 is 0. The van der Waals surface area contributed by atoms with Crippen LogP contribution in [0.2, 0.25) is 0 Å². The Kier molecular flexibility index (Phi) is 15.6. The van der Waals surface area contributed by atoms with Crippen molar-refractivity contribution in [1.82, 2.24) is 29.9 Å². The predicted molar refractivity (Wildman–Crippen MR) is 485 cm³/mol. The van der Waals surface area contributed by atoms with E-state index in [1.807, 2.05) is 72.8 Å². The zero-order valence-electron chi connectivity index (χ0n) is 64.8. The molecule has 558 valence electrons. The molecule has 2 spiro atoms. The summed E-state index contributed by atoms with van der Waals surface area (Å²) in [6.07, 6.45) is 0. The van der Waals surface area contributed by atoms with Crippen LogP contribution in [0, 0.1) is 0 Å². The molecule has 0 atom stereocenters. The maximum atomic E-state index is 7.20. The van der Waals surface area contributed by atoms with Crippen molar-refractivity contribution in [1.29, 1.82) is 0 Å². The minimum Gasteiger partial charge on any atom is -0.456 e. The molecule has 0 N–H and O–H groups in total. The number of aromatic nitrogens is 6. The first-order chi connectivity index (χ1) is 59.5. The van der Waals surface area contributed by atoms with Crippen molar-refractivity contribution in [2.24, 2.45) is 0 Å². The molecule has 2 aliphatic heterocycles. The van der Waals surface area contributed by atoms with E-state index >= 15 is 0 Å². The number of ether oxygens (including phenoxy) is 2. The number of para-hydroxylation sites is 3. The fourth-order valence-corrected chi connectivity index (χ4v) is 19.7. The number of hydrogen-bond acceptors (Lipinski definition) is 8. The molecule has 17 aromatic carbocycles. The van der Waals surface area contributed by atoms with Gasteiger partial charge in [0.1, 0.15) is 23.0 Å². The molecule has 6 heterocycles. The highest BCUT2D eigenvalue weighted by atomic mass is 16.5. The number of rotatable bonds is 8. The number of hydrogen-bond donors (Lipinski definition) is 0. The van der Waals surface area contributed by atoms with Gasteiger partial charge < -0.3 is 9.47 Å². The summed E-state index contributed by atoms with van der Waals surface area (Å²) in [6, 6.07) is 146. The van der Waals surface area contributed by atoms with Crippen LogP contribution in [-0.2, 0) is 10.8 Å². The predicted octanol–water partition coefficient (Wildman–Crippen LogP) is 27.8. The molecule has 0 radical (unpaired) electrons. The summed E-state index contributed by atoms with van der Waals surface area (Å²) in [5.41, 5.74) is 31.5. The van der Waals surface area contributed by atoms with Crippen molar-refractivity contribution < 1.29 is 9.47 Å². The average molecular weight is 1530 g/mol. The molecule has 120 heavy (non-hydrogen) atoms. The fraction of sp³-hybridized carbons (Fsp3) is 0.0179. The number of pyridine rings is 2. The van der Waals surface area contributed by atoms with Crippen molar-refractivity contribution in [2.75, 3.05) is 0 Å². The van der Waals surface area contributed by atoms with E-state index in [-0.39, 0.29) is 0 Å². The van der Waals surface area contributed by atoms with Gasteiger partial charge in [-0.3, -0.25) is 0 Å². The van der Waals surface area contributed by atoms with E-state index in [0.29, 0.717) is 5.82 Å². The Morgan fingerprint density at radius 3 is 1.07 bits per heavy atom. The molecule has 8 nitrogen and oxygen atoms in total. The second-order valence-electron chi connectivity index (χ2n) is 31.3. The van der Waals surface area contributed by atoms with Gasteiger partial charge in [0.2, 0.25) is 0 Å². The van der Waals surface area contributed by atoms with Crippen LogP contribution in [0.1, 0.15) is 44.5 Å². The molecule has 0 fully saturated rings. The average Bonchev–Trinajstić information content (AvgIpc) is 1.44. The lowest BCUT2D eigenvalue weighted by Gasteiger charge is -2.40. The summed E-state index contributed by atoms with van der Waals surface area (Å²) in [5, 5.41) is 6.27. The topological polar surface area (TPSA) is 95.8 Å². The number of fused-ring (bicyclic) bond motifs is 27. The van der Waals surface area contributed by atoms with Crippen molar-refractivity contribution in [3.8, 4) is 135 Å². The van der Waals surface area contributed by atoms with Crippen molar-refractivity contribution >= 4 is 54.4 Å². The van der Waals surface area contributed by atoms with Crippen molar-refractivity contribution in [3.05, 3.63) is 457 Å². The third-order valence-corrected chi connectivity index (χ3v) is 24.8. The van der Waals surface area contributed by atoms with Crippen LogP contribution in [0.4, 0.5) is 0 Å². The van der Waals surface area contributed by atoms with Gasteiger partial charge in [0.25, 0.3) is 0 Å². The number of nitrogens with zero attached hydrogens (tertiary/aromatic N) is 6. The maximum absolute atomic E-state index is 7.20. The summed E-state index contributed by atoms with van der Waals surface area (Å²) in [5.74, 6) is 4.15. The van der Waals surface area contributed by atoms with E-state index in [9.17, 15) is 0 Å². The minimum atomic E-state index is -0.573. The van der Waals surface area contributed by atoms with Gasteiger partial charge in [-0.25, -0.2) is 29.9 Å². The number of benzene rings is 17. The SMILES string of the molecule is c1ccc(-c2cc(-c3ccc4c(c3)nc(-c3ccccc3)c3ccc5c(c34)Oc3ccccc3C53c4ccccc4-c4ccccc43)nc(-c3ccccc3)n2)cc1.c1ccc(-c2nc3ccc(-c4cccc(-c5nc6ccccc6c6c7c(ccc56)C5(c6ccccc6O7)c6ccccc6-c6ccccc65)c4)cc3nc2-c2ccccc2)cc1. The summed E-state index contributed by atoms with van der Waals surface area (Å²) < 4.78 is 14.4. The highest BCUT2D eigenvalue weighted by Gasteiger charge is 2.53. The lowest BCUT2D eigenvalue weighted by atomic mass is 9.65. The van der Waals surface area contributed by atoms with Crippen LogP contribution in [-0.4, -0.2) is 29.9 Å². The summed E-state index contributed by atoms with van der Waals surface area (Å²) in [6.45, 7) is 0. The van der Waals surface area contributed by atoms with Crippen molar-refractivity contribution in [2.45, 2.75) is 10.8 Å². The van der Waals surface area contributed by atoms with E-state index in [1.165, 1.54) is 44.5 Å². The van der Waals surface area contributed by atoms with Crippen LogP contribution in [0.5, 0.6) is 23.0 Å². The normalized spacial score (nSPS) is 13.1. The third-order valence-electron chi connectivity index (χ3n) is 24.8. The van der Waals surface area contributed by atoms with Crippen LogP contribution < -0.4 is 9.47 Å². The molecule has 4 aliphatic rings. The van der Waals surface area contributed by atoms with Crippen LogP contribution in [0.25, 0.3) is 167 Å². The quantitative estimate of drug-likeness (QED) is 0.139. The van der Waals surface area contributed by atoms with E-state index in [2.05, 4.69) is 340 Å². The fourth-order valence-electron chi connectivity index (χ4n) is 19.7. The molecular formula is C112H68N6O2. The third kappa shape index (κ3) is 10.5. The molecule has 25 rings (SSSR count). The van der Waals surface area contributed by atoms with E-state index in [0.717, 1.165) is 184 Å².